The SMILES string of the molecule is CCCN1C(=O)C(O)(c2ccc3ccccc3c2)c2c1cc(C)cc2C(F)(F)F. The number of benzene rings is 3. The van der Waals surface area contributed by atoms with E-state index in [9.17, 15) is 23.1 Å². The average molecular weight is 399 g/mol. The number of alkyl halides is 3. The first-order valence-corrected chi connectivity index (χ1v) is 9.44. The lowest BCUT2D eigenvalue weighted by molar-refractivity contribution is -0.142. The molecule has 0 fully saturated rings. The fourth-order valence-electron chi connectivity index (χ4n) is 4.12. The number of amides is 1. The molecule has 1 atom stereocenters. The molecule has 3 aromatic carbocycles. The third-order valence-corrected chi connectivity index (χ3v) is 5.39. The highest BCUT2D eigenvalue weighted by atomic mass is 19.4. The molecule has 0 aliphatic carbocycles. The fraction of sp³-hybridized carbons (Fsp3) is 0.261. The van der Waals surface area contributed by atoms with Crippen LogP contribution < -0.4 is 4.90 Å². The van der Waals surface area contributed by atoms with Crippen LogP contribution in [-0.4, -0.2) is 17.6 Å². The highest BCUT2D eigenvalue weighted by Gasteiger charge is 2.55. The number of aryl methyl sites for hydroxylation is 1. The minimum absolute atomic E-state index is 0.125. The molecule has 0 spiro atoms. The van der Waals surface area contributed by atoms with E-state index in [1.165, 1.54) is 17.0 Å². The van der Waals surface area contributed by atoms with Gasteiger partial charge in [-0.3, -0.25) is 4.79 Å². The number of rotatable bonds is 3. The van der Waals surface area contributed by atoms with Crippen molar-refractivity contribution in [3.8, 4) is 0 Å². The molecule has 29 heavy (non-hydrogen) atoms. The van der Waals surface area contributed by atoms with Gasteiger partial charge in [-0.1, -0.05) is 43.3 Å². The van der Waals surface area contributed by atoms with E-state index in [1.807, 2.05) is 19.1 Å². The van der Waals surface area contributed by atoms with Gasteiger partial charge < -0.3 is 10.0 Å². The van der Waals surface area contributed by atoms with Gasteiger partial charge >= 0.3 is 6.18 Å². The number of fused-ring (bicyclic) bond motifs is 2. The Morgan fingerprint density at radius 1 is 1.03 bits per heavy atom. The molecular weight excluding hydrogens is 379 g/mol. The lowest BCUT2D eigenvalue weighted by atomic mass is 9.83. The third kappa shape index (κ3) is 2.90. The zero-order valence-corrected chi connectivity index (χ0v) is 16.0. The van der Waals surface area contributed by atoms with Gasteiger partial charge in [-0.2, -0.15) is 13.2 Å². The quantitative estimate of drug-likeness (QED) is 0.661. The molecule has 0 saturated carbocycles. The molecule has 0 aromatic heterocycles. The van der Waals surface area contributed by atoms with Crippen LogP contribution in [0, 0.1) is 6.92 Å². The molecule has 3 nitrogen and oxygen atoms in total. The van der Waals surface area contributed by atoms with Gasteiger partial charge in [-0.05, 0) is 53.4 Å². The molecule has 4 rings (SSSR count). The monoisotopic (exact) mass is 399 g/mol. The van der Waals surface area contributed by atoms with Gasteiger partial charge in [0.25, 0.3) is 5.91 Å². The van der Waals surface area contributed by atoms with Crippen molar-refractivity contribution >= 4 is 22.4 Å². The number of hydrogen-bond acceptors (Lipinski definition) is 2. The van der Waals surface area contributed by atoms with E-state index < -0.39 is 23.2 Å². The first kappa shape index (κ1) is 19.5. The van der Waals surface area contributed by atoms with Gasteiger partial charge in [0, 0.05) is 12.1 Å². The molecule has 6 heteroatoms. The highest BCUT2D eigenvalue weighted by molar-refractivity contribution is 6.10. The molecule has 3 aromatic rings. The molecule has 0 radical (unpaired) electrons. The maximum absolute atomic E-state index is 13.9. The van der Waals surface area contributed by atoms with Gasteiger partial charge in [0.15, 0.2) is 5.60 Å². The molecule has 0 saturated heterocycles. The second-order valence-corrected chi connectivity index (χ2v) is 7.43. The predicted octanol–water partition coefficient (Wildman–Crippen LogP) is 5.16. The van der Waals surface area contributed by atoms with E-state index in [4.69, 9.17) is 0 Å². The summed E-state index contributed by atoms with van der Waals surface area (Å²) in [6.07, 6.45) is -4.16. The summed E-state index contributed by atoms with van der Waals surface area (Å²) < 4.78 is 41.8. The number of halogens is 3. The standard InChI is InChI=1S/C23H20F3NO2/c1-3-10-27-19-12-14(2)11-18(23(24,25)26)20(19)22(29,21(27)28)17-9-8-15-6-4-5-7-16(15)13-17/h4-9,11-13,29H,3,10H2,1-2H3. The number of carbonyl (C=O) groups excluding carboxylic acids is 1. The van der Waals surface area contributed by atoms with E-state index in [0.717, 1.165) is 16.8 Å². The van der Waals surface area contributed by atoms with Gasteiger partial charge in [0.2, 0.25) is 0 Å². The number of hydrogen-bond donors (Lipinski definition) is 1. The lowest BCUT2D eigenvalue weighted by Crippen LogP contribution is -2.42. The van der Waals surface area contributed by atoms with Gasteiger partial charge in [0.1, 0.15) is 0 Å². The summed E-state index contributed by atoms with van der Waals surface area (Å²) in [5.74, 6) is -0.749. The van der Waals surface area contributed by atoms with Gasteiger partial charge in [-0.25, -0.2) is 0 Å². The molecule has 1 amide bonds. The second kappa shape index (κ2) is 6.59. The van der Waals surface area contributed by atoms with Crippen LogP contribution in [-0.2, 0) is 16.6 Å². The summed E-state index contributed by atoms with van der Waals surface area (Å²) in [6, 6.07) is 14.7. The number of carbonyl (C=O) groups is 1. The van der Waals surface area contributed by atoms with Gasteiger partial charge in [0.05, 0.1) is 11.3 Å². The van der Waals surface area contributed by atoms with Crippen molar-refractivity contribution in [3.05, 3.63) is 76.9 Å². The van der Waals surface area contributed by atoms with Crippen molar-refractivity contribution in [1.29, 1.82) is 0 Å². The average Bonchev–Trinajstić information content (AvgIpc) is 2.89. The summed E-state index contributed by atoms with van der Waals surface area (Å²) in [5.41, 5.74) is -3.12. The minimum Gasteiger partial charge on any atom is -0.372 e. The molecule has 150 valence electrons. The van der Waals surface area contributed by atoms with E-state index >= 15 is 0 Å². The number of aliphatic hydroxyl groups is 1. The third-order valence-electron chi connectivity index (χ3n) is 5.39. The highest BCUT2D eigenvalue weighted by Crippen LogP contribution is 2.50. The Morgan fingerprint density at radius 3 is 2.38 bits per heavy atom. The van der Waals surface area contributed by atoms with Crippen molar-refractivity contribution in [1.82, 2.24) is 0 Å². The summed E-state index contributed by atoms with van der Waals surface area (Å²) in [7, 11) is 0. The summed E-state index contributed by atoms with van der Waals surface area (Å²) in [5, 5.41) is 13.2. The van der Waals surface area contributed by atoms with Crippen LogP contribution in [0.15, 0.2) is 54.6 Å². The number of anilines is 1. The zero-order valence-electron chi connectivity index (χ0n) is 16.0. The number of nitrogens with zero attached hydrogens (tertiary/aromatic N) is 1. The Bertz CT molecular complexity index is 1120. The smallest absolute Gasteiger partial charge is 0.372 e. The van der Waals surface area contributed by atoms with Crippen molar-refractivity contribution in [2.45, 2.75) is 32.0 Å². The van der Waals surface area contributed by atoms with E-state index in [0.29, 0.717) is 12.0 Å². The molecule has 1 unspecified atom stereocenters. The van der Waals surface area contributed by atoms with E-state index in [1.54, 1.807) is 31.2 Å². The van der Waals surface area contributed by atoms with Crippen molar-refractivity contribution in [2.75, 3.05) is 11.4 Å². The Morgan fingerprint density at radius 2 is 1.72 bits per heavy atom. The molecule has 1 aliphatic heterocycles. The van der Waals surface area contributed by atoms with Crippen molar-refractivity contribution < 1.29 is 23.1 Å². The topological polar surface area (TPSA) is 40.5 Å². The van der Waals surface area contributed by atoms with Crippen LogP contribution in [0.2, 0.25) is 0 Å². The Labute approximate surface area is 166 Å². The Balaban J connectivity index is 2.05. The first-order valence-electron chi connectivity index (χ1n) is 9.44. The first-order chi connectivity index (χ1) is 13.7. The maximum Gasteiger partial charge on any atom is 0.416 e. The van der Waals surface area contributed by atoms with Crippen LogP contribution in [0.5, 0.6) is 0 Å². The van der Waals surface area contributed by atoms with Crippen molar-refractivity contribution in [3.63, 3.8) is 0 Å². The summed E-state index contributed by atoms with van der Waals surface area (Å²) in [4.78, 5) is 14.6. The molecule has 1 N–H and O–H groups in total. The molecule has 1 heterocycles. The molecule has 1 aliphatic rings. The van der Waals surface area contributed by atoms with Crippen LogP contribution in [0.1, 0.15) is 35.6 Å². The Hall–Kier alpha value is -2.86. The predicted molar refractivity (Wildman–Crippen MR) is 106 cm³/mol. The second-order valence-electron chi connectivity index (χ2n) is 7.43. The largest absolute Gasteiger partial charge is 0.416 e. The maximum atomic E-state index is 13.9. The van der Waals surface area contributed by atoms with Crippen LogP contribution >= 0.6 is 0 Å². The van der Waals surface area contributed by atoms with E-state index in [2.05, 4.69) is 0 Å². The van der Waals surface area contributed by atoms with Crippen LogP contribution in [0.25, 0.3) is 10.8 Å². The molecular formula is C23H20F3NO2. The van der Waals surface area contributed by atoms with Crippen molar-refractivity contribution in [2.24, 2.45) is 0 Å². The summed E-state index contributed by atoms with van der Waals surface area (Å²) in [6.45, 7) is 3.61. The fourth-order valence-corrected chi connectivity index (χ4v) is 4.12. The normalized spacial score (nSPS) is 19.1. The van der Waals surface area contributed by atoms with Crippen LogP contribution in [0.4, 0.5) is 18.9 Å². The lowest BCUT2D eigenvalue weighted by Gasteiger charge is -2.26. The molecule has 0 bridgehead atoms. The zero-order chi connectivity index (χ0) is 21.0. The minimum atomic E-state index is -4.70. The van der Waals surface area contributed by atoms with Crippen LogP contribution in [0.3, 0.4) is 0 Å². The van der Waals surface area contributed by atoms with E-state index in [-0.39, 0.29) is 23.4 Å². The summed E-state index contributed by atoms with van der Waals surface area (Å²) >= 11 is 0. The Kier molecular flexibility index (Phi) is 4.42. The van der Waals surface area contributed by atoms with Gasteiger partial charge in [-0.15, -0.1) is 0 Å².